The zero-order valence-corrected chi connectivity index (χ0v) is 20.9. The van der Waals surface area contributed by atoms with E-state index in [4.69, 9.17) is 5.73 Å². The maximum absolute atomic E-state index is 12.8. The lowest BCUT2D eigenvalue weighted by Gasteiger charge is -2.28. The van der Waals surface area contributed by atoms with E-state index < -0.39 is 11.3 Å². The average molecular weight is 487 g/mol. The second kappa shape index (κ2) is 8.59. The predicted molar refractivity (Wildman–Crippen MR) is 134 cm³/mol. The van der Waals surface area contributed by atoms with Crippen LogP contribution in [0.15, 0.2) is 30.9 Å². The zero-order valence-electron chi connectivity index (χ0n) is 20.9. The van der Waals surface area contributed by atoms with Gasteiger partial charge in [0.05, 0.1) is 29.0 Å². The lowest BCUT2D eigenvalue weighted by molar-refractivity contribution is -0.136. The number of carbonyl (C=O) groups excluding carboxylic acids is 2. The minimum Gasteiger partial charge on any atom is -0.380 e. The van der Waals surface area contributed by atoms with Crippen molar-refractivity contribution in [2.45, 2.75) is 40.2 Å². The van der Waals surface area contributed by atoms with E-state index in [9.17, 15) is 14.9 Å². The zero-order chi connectivity index (χ0) is 25.8. The molecule has 2 fully saturated rings. The average Bonchev–Trinajstić information content (AvgIpc) is 3.54. The fraction of sp³-hybridized carbons (Fsp3) is 0.462. The molecule has 0 unspecified atom stereocenters. The van der Waals surface area contributed by atoms with Gasteiger partial charge in [0.15, 0.2) is 0 Å². The number of nitrogens with zero attached hydrogens (tertiary/aromatic N) is 6. The molecule has 0 aromatic carbocycles. The molecule has 4 heterocycles. The van der Waals surface area contributed by atoms with E-state index in [1.54, 1.807) is 30.8 Å². The van der Waals surface area contributed by atoms with Gasteiger partial charge < -0.3 is 16.0 Å². The van der Waals surface area contributed by atoms with Gasteiger partial charge in [-0.2, -0.15) is 10.4 Å². The number of nitrogens with one attached hydrogen (secondary N) is 1. The van der Waals surface area contributed by atoms with Crippen LogP contribution >= 0.6 is 0 Å². The number of nitrogens with two attached hydrogens (primary N) is 1. The second-order valence-corrected chi connectivity index (χ2v) is 10.6. The minimum absolute atomic E-state index is 0.103. The Balaban J connectivity index is 1.42. The van der Waals surface area contributed by atoms with E-state index in [2.05, 4.69) is 33.4 Å². The van der Waals surface area contributed by atoms with E-state index in [0.29, 0.717) is 42.0 Å². The standard InChI is InChI=1S/C26H30N8O2/c1-14-20-12-33(25(36)26(3,4)13-27)10-17(20)5-21(14)32-23-19(24(28)35)9-31-34-11-16(6-22(23)34)18-7-29-15(2)30-8-18/h6-9,11,14,17,20-21,32H,5,10,12H2,1-4H3,(H2,28,35)/t14-,17+,20-,21+/m0/s1. The lowest BCUT2D eigenvalue weighted by Crippen LogP contribution is -2.40. The molecule has 3 aromatic heterocycles. The number of primary amides is 1. The molecular weight excluding hydrogens is 456 g/mol. The Labute approximate surface area is 209 Å². The molecule has 0 bridgehead atoms. The highest BCUT2D eigenvalue weighted by Gasteiger charge is 2.49. The number of hydrogen-bond acceptors (Lipinski definition) is 7. The normalized spacial score (nSPS) is 23.5. The molecule has 1 aliphatic carbocycles. The van der Waals surface area contributed by atoms with Crippen LogP contribution in [0.5, 0.6) is 0 Å². The number of anilines is 1. The maximum Gasteiger partial charge on any atom is 0.252 e. The number of nitriles is 1. The van der Waals surface area contributed by atoms with Gasteiger partial charge in [0.25, 0.3) is 5.91 Å². The smallest absolute Gasteiger partial charge is 0.252 e. The van der Waals surface area contributed by atoms with Crippen molar-refractivity contribution in [1.29, 1.82) is 5.26 Å². The van der Waals surface area contributed by atoms with Crippen LogP contribution in [-0.2, 0) is 4.79 Å². The van der Waals surface area contributed by atoms with Crippen molar-refractivity contribution in [1.82, 2.24) is 24.5 Å². The molecule has 1 saturated heterocycles. The third kappa shape index (κ3) is 3.94. The van der Waals surface area contributed by atoms with Crippen LogP contribution in [0.1, 0.15) is 43.4 Å². The summed E-state index contributed by atoms with van der Waals surface area (Å²) >= 11 is 0. The van der Waals surface area contributed by atoms with Crippen molar-refractivity contribution in [2.24, 2.45) is 28.9 Å². The highest BCUT2D eigenvalue weighted by Crippen LogP contribution is 2.45. The van der Waals surface area contributed by atoms with Gasteiger partial charge in [0.2, 0.25) is 5.91 Å². The lowest BCUT2D eigenvalue weighted by atomic mass is 9.92. The Hall–Kier alpha value is -4.00. The predicted octanol–water partition coefficient (Wildman–Crippen LogP) is 2.64. The fourth-order valence-electron chi connectivity index (χ4n) is 5.66. The van der Waals surface area contributed by atoms with E-state index in [1.807, 2.05) is 24.1 Å². The first-order valence-corrected chi connectivity index (χ1v) is 12.2. The summed E-state index contributed by atoms with van der Waals surface area (Å²) in [4.78, 5) is 35.5. The third-order valence-corrected chi connectivity index (χ3v) is 7.81. The molecule has 0 spiro atoms. The fourth-order valence-corrected chi connectivity index (χ4v) is 5.66. The summed E-state index contributed by atoms with van der Waals surface area (Å²) in [5.41, 5.74) is 8.19. The first-order valence-electron chi connectivity index (χ1n) is 12.2. The Morgan fingerprint density at radius 3 is 2.56 bits per heavy atom. The van der Waals surface area contributed by atoms with E-state index >= 15 is 0 Å². The number of carbonyl (C=O) groups is 2. The third-order valence-electron chi connectivity index (χ3n) is 7.81. The van der Waals surface area contributed by atoms with Gasteiger partial charge in [-0.05, 0) is 51.0 Å². The number of rotatable bonds is 5. The van der Waals surface area contributed by atoms with Crippen molar-refractivity contribution < 1.29 is 9.59 Å². The molecule has 10 nitrogen and oxygen atoms in total. The number of fused-ring (bicyclic) bond motifs is 2. The number of amides is 2. The summed E-state index contributed by atoms with van der Waals surface area (Å²) in [6.45, 7) is 8.65. The van der Waals surface area contributed by atoms with Gasteiger partial charge in [0, 0.05) is 48.8 Å². The number of likely N-dealkylation sites (tertiary alicyclic amines) is 1. The molecule has 3 aromatic rings. The van der Waals surface area contributed by atoms with Gasteiger partial charge in [0.1, 0.15) is 11.2 Å². The van der Waals surface area contributed by atoms with Crippen LogP contribution in [0.3, 0.4) is 0 Å². The van der Waals surface area contributed by atoms with Crippen molar-refractivity contribution in [2.75, 3.05) is 18.4 Å². The topological polar surface area (TPSA) is 142 Å². The monoisotopic (exact) mass is 486 g/mol. The first-order chi connectivity index (χ1) is 17.1. The van der Waals surface area contributed by atoms with Crippen LogP contribution < -0.4 is 11.1 Å². The van der Waals surface area contributed by atoms with Crippen molar-refractivity contribution in [3.8, 4) is 17.2 Å². The van der Waals surface area contributed by atoms with Crippen molar-refractivity contribution >= 4 is 23.0 Å². The molecule has 36 heavy (non-hydrogen) atoms. The molecule has 186 valence electrons. The molecule has 0 radical (unpaired) electrons. The van der Waals surface area contributed by atoms with E-state index in [0.717, 1.165) is 23.1 Å². The van der Waals surface area contributed by atoms with Crippen LogP contribution in [0.4, 0.5) is 5.69 Å². The minimum atomic E-state index is -1.02. The van der Waals surface area contributed by atoms with E-state index in [-0.39, 0.29) is 17.9 Å². The molecular formula is C26H30N8O2. The summed E-state index contributed by atoms with van der Waals surface area (Å²) in [5.74, 6) is 0.947. The summed E-state index contributed by atoms with van der Waals surface area (Å²) in [7, 11) is 0. The summed E-state index contributed by atoms with van der Waals surface area (Å²) < 4.78 is 1.73. The van der Waals surface area contributed by atoms with Crippen molar-refractivity contribution in [3.63, 3.8) is 0 Å². The highest BCUT2D eigenvalue weighted by molar-refractivity contribution is 6.02. The Morgan fingerprint density at radius 2 is 1.92 bits per heavy atom. The summed E-state index contributed by atoms with van der Waals surface area (Å²) in [6, 6.07) is 4.19. The summed E-state index contributed by atoms with van der Waals surface area (Å²) in [5, 5.41) is 17.4. The molecule has 1 aliphatic heterocycles. The second-order valence-electron chi connectivity index (χ2n) is 10.6. The SMILES string of the molecule is Cc1ncc(-c2cc3c(N[C@@H]4C[C@@H]5CN(C(=O)C(C)(C)C#N)C[C@H]5[C@@H]4C)c(C(N)=O)cnn3c2)cn1. The molecule has 10 heteroatoms. The molecule has 3 N–H and O–H groups in total. The molecule has 4 atom stereocenters. The quantitative estimate of drug-likeness (QED) is 0.564. The van der Waals surface area contributed by atoms with Crippen molar-refractivity contribution in [3.05, 3.63) is 42.2 Å². The highest BCUT2D eigenvalue weighted by atomic mass is 16.2. The first kappa shape index (κ1) is 23.7. The number of hydrogen-bond donors (Lipinski definition) is 2. The van der Waals surface area contributed by atoms with Crippen LogP contribution in [0.25, 0.3) is 16.6 Å². The van der Waals surface area contributed by atoms with Gasteiger partial charge in [-0.3, -0.25) is 9.59 Å². The Kier molecular flexibility index (Phi) is 5.66. The molecule has 5 rings (SSSR count). The van der Waals surface area contributed by atoms with Crippen LogP contribution in [0, 0.1) is 41.4 Å². The largest absolute Gasteiger partial charge is 0.380 e. The Morgan fingerprint density at radius 1 is 1.19 bits per heavy atom. The van der Waals surface area contributed by atoms with Crippen LogP contribution in [0.2, 0.25) is 0 Å². The van der Waals surface area contributed by atoms with Gasteiger partial charge >= 0.3 is 0 Å². The number of aromatic nitrogens is 4. The molecule has 1 saturated carbocycles. The van der Waals surface area contributed by atoms with Gasteiger partial charge in [-0.15, -0.1) is 0 Å². The Bertz CT molecular complexity index is 1390. The summed E-state index contributed by atoms with van der Waals surface area (Å²) in [6.07, 6.45) is 7.76. The van der Waals surface area contributed by atoms with Gasteiger partial charge in [-0.1, -0.05) is 6.92 Å². The maximum atomic E-state index is 12.8. The molecule has 2 aliphatic rings. The number of aryl methyl sites for hydroxylation is 1. The van der Waals surface area contributed by atoms with Crippen LogP contribution in [-0.4, -0.2) is 55.4 Å². The van der Waals surface area contributed by atoms with E-state index in [1.165, 1.54) is 6.20 Å². The molecule has 2 amide bonds. The van der Waals surface area contributed by atoms with Gasteiger partial charge in [-0.25, -0.2) is 14.5 Å².